The van der Waals surface area contributed by atoms with Crippen molar-refractivity contribution < 1.29 is 9.53 Å². The van der Waals surface area contributed by atoms with Crippen LogP contribution in [0.4, 0.5) is 0 Å². The maximum absolute atomic E-state index is 11.9. The first-order chi connectivity index (χ1) is 9.70. The number of nitrogens with zero attached hydrogens (tertiary/aromatic N) is 2. The topological polar surface area (TPSA) is 60.7 Å². The summed E-state index contributed by atoms with van der Waals surface area (Å²) in [6.07, 6.45) is 0. The molecular formula is C14H10N2O3Se. The molecule has 0 saturated heterocycles. The predicted molar refractivity (Wildman–Crippen MR) is 75.2 cm³/mol. The van der Waals surface area contributed by atoms with Gasteiger partial charge in [-0.1, -0.05) is 0 Å². The average molecular weight is 333 g/mol. The Kier molecular flexibility index (Phi) is 3.26. The molecule has 20 heavy (non-hydrogen) atoms. The Morgan fingerprint density at radius 1 is 1.30 bits per heavy atom. The first kappa shape index (κ1) is 12.8. The zero-order chi connectivity index (χ0) is 14.1. The summed E-state index contributed by atoms with van der Waals surface area (Å²) >= 11 is -0.0750. The van der Waals surface area contributed by atoms with Crippen molar-refractivity contribution in [3.63, 3.8) is 0 Å². The van der Waals surface area contributed by atoms with E-state index in [4.69, 9.17) is 4.74 Å². The van der Waals surface area contributed by atoms with Crippen molar-refractivity contribution in [1.82, 2.24) is 9.38 Å². The molecule has 3 aromatic rings. The fourth-order valence-corrected chi connectivity index (χ4v) is 3.89. The van der Waals surface area contributed by atoms with Gasteiger partial charge in [-0.05, 0) is 0 Å². The number of benzene rings is 1. The van der Waals surface area contributed by atoms with Gasteiger partial charge in [0, 0.05) is 0 Å². The third kappa shape index (κ3) is 2.09. The van der Waals surface area contributed by atoms with Crippen LogP contribution in [0.15, 0.2) is 46.1 Å². The first-order valence-electron chi connectivity index (χ1n) is 5.86. The van der Waals surface area contributed by atoms with Crippen LogP contribution in [0.25, 0.3) is 15.8 Å². The zero-order valence-corrected chi connectivity index (χ0v) is 12.3. The van der Waals surface area contributed by atoms with Gasteiger partial charge in [0.05, 0.1) is 0 Å². The van der Waals surface area contributed by atoms with E-state index in [1.165, 1.54) is 13.2 Å². The van der Waals surface area contributed by atoms with Gasteiger partial charge in [-0.15, -0.1) is 0 Å². The molecule has 0 N–H and O–H groups in total. The molecule has 0 amide bonds. The minimum atomic E-state index is -0.537. The summed E-state index contributed by atoms with van der Waals surface area (Å²) in [5.74, 6) is -0.537. The molecule has 0 saturated carbocycles. The summed E-state index contributed by atoms with van der Waals surface area (Å²) in [5.41, 5.74) is 1.65. The van der Waals surface area contributed by atoms with Crippen molar-refractivity contribution in [1.29, 1.82) is 0 Å². The summed E-state index contributed by atoms with van der Waals surface area (Å²) in [6, 6.07) is 10.9. The van der Waals surface area contributed by atoms with Crippen LogP contribution < -0.4 is 5.56 Å². The molecule has 0 spiro atoms. The zero-order valence-electron chi connectivity index (χ0n) is 10.6. The molecule has 0 radical (unpaired) electrons. The molecule has 0 fully saturated rings. The molecule has 0 atom stereocenters. The fraction of sp³-hybridized carbons (Fsp3) is 0.0714. The maximum atomic E-state index is 11.9. The van der Waals surface area contributed by atoms with Crippen LogP contribution in [-0.2, 0) is 4.74 Å². The van der Waals surface area contributed by atoms with E-state index in [2.05, 4.69) is 4.98 Å². The van der Waals surface area contributed by atoms with Crippen LogP contribution in [0.2, 0.25) is 0 Å². The van der Waals surface area contributed by atoms with Gasteiger partial charge in [0.25, 0.3) is 0 Å². The summed E-state index contributed by atoms with van der Waals surface area (Å²) in [5, 5.41) is 0. The Labute approximate surface area is 120 Å². The second-order valence-electron chi connectivity index (χ2n) is 4.08. The SMILES string of the molecule is COC(=O)c1cc(=O)nc2[se]cc(-c3ccccc3)n12. The molecule has 0 aliphatic heterocycles. The number of fused-ring (bicyclic) bond motifs is 1. The Morgan fingerprint density at radius 2 is 2.05 bits per heavy atom. The van der Waals surface area contributed by atoms with Gasteiger partial charge in [-0.3, -0.25) is 0 Å². The third-order valence-corrected chi connectivity index (χ3v) is 4.61. The number of carbonyl (C=O) groups is 1. The van der Waals surface area contributed by atoms with Crippen molar-refractivity contribution in [2.24, 2.45) is 0 Å². The first-order valence-corrected chi connectivity index (χ1v) is 7.70. The predicted octanol–water partition coefficient (Wildman–Crippen LogP) is 1.21. The monoisotopic (exact) mass is 334 g/mol. The number of carbonyl (C=O) groups excluding carboxylic acids is 1. The van der Waals surface area contributed by atoms with Crippen LogP contribution >= 0.6 is 0 Å². The van der Waals surface area contributed by atoms with E-state index in [-0.39, 0.29) is 20.2 Å². The number of methoxy groups -OCH3 is 1. The summed E-state index contributed by atoms with van der Waals surface area (Å²) < 4.78 is 7.08. The molecule has 2 heterocycles. The third-order valence-electron chi connectivity index (χ3n) is 2.88. The van der Waals surface area contributed by atoms with Crippen LogP contribution in [-0.4, -0.2) is 37.0 Å². The molecule has 0 bridgehead atoms. The number of ether oxygens (including phenoxy) is 1. The molecule has 5 nitrogen and oxygen atoms in total. The molecule has 100 valence electrons. The molecule has 2 aromatic heterocycles. The molecule has 1 aromatic carbocycles. The van der Waals surface area contributed by atoms with E-state index in [9.17, 15) is 9.59 Å². The van der Waals surface area contributed by atoms with E-state index < -0.39 is 11.5 Å². The Hall–Kier alpha value is -2.17. The number of aromatic nitrogens is 2. The Balaban J connectivity index is 2.36. The van der Waals surface area contributed by atoms with Gasteiger partial charge in [-0.2, -0.15) is 0 Å². The second kappa shape index (κ2) is 5.07. The molecule has 0 aliphatic carbocycles. The normalized spacial score (nSPS) is 10.7. The number of hydrogen-bond donors (Lipinski definition) is 0. The van der Waals surface area contributed by atoms with E-state index in [0.29, 0.717) is 4.52 Å². The molecule has 0 unspecified atom stereocenters. The fourth-order valence-electron chi connectivity index (χ4n) is 2.00. The standard InChI is InChI=1S/C14H10N2O3Se/c1-19-13(18)10-7-12(17)15-14-16(10)11(8-20-14)9-5-3-2-4-6-9/h2-8H,1H3. The minimum absolute atomic E-state index is 0.0750. The second-order valence-corrected chi connectivity index (χ2v) is 5.83. The summed E-state index contributed by atoms with van der Waals surface area (Å²) in [7, 11) is 1.30. The van der Waals surface area contributed by atoms with Crippen LogP contribution in [0.1, 0.15) is 10.5 Å². The van der Waals surface area contributed by atoms with Crippen molar-refractivity contribution in [2.75, 3.05) is 7.11 Å². The van der Waals surface area contributed by atoms with E-state index in [1.54, 1.807) is 4.40 Å². The number of hydrogen-bond acceptors (Lipinski definition) is 4. The van der Waals surface area contributed by atoms with E-state index in [1.807, 2.05) is 35.3 Å². The Bertz CT molecular complexity index is 836. The van der Waals surface area contributed by atoms with Gasteiger partial charge in [0.1, 0.15) is 0 Å². The van der Waals surface area contributed by atoms with Crippen molar-refractivity contribution in [3.8, 4) is 11.3 Å². The van der Waals surface area contributed by atoms with Crippen molar-refractivity contribution in [2.45, 2.75) is 0 Å². The molecule has 0 aliphatic rings. The van der Waals surface area contributed by atoms with Gasteiger partial charge < -0.3 is 0 Å². The Morgan fingerprint density at radius 3 is 2.75 bits per heavy atom. The van der Waals surface area contributed by atoms with Crippen molar-refractivity contribution in [3.05, 3.63) is 57.4 Å². The van der Waals surface area contributed by atoms with Gasteiger partial charge in [0.2, 0.25) is 0 Å². The van der Waals surface area contributed by atoms with E-state index in [0.717, 1.165) is 11.3 Å². The number of rotatable bonds is 2. The quantitative estimate of drug-likeness (QED) is 0.522. The van der Waals surface area contributed by atoms with Gasteiger partial charge in [0.15, 0.2) is 0 Å². The summed E-state index contributed by atoms with van der Waals surface area (Å²) in [6.45, 7) is 0. The molecule has 3 rings (SSSR count). The van der Waals surface area contributed by atoms with Crippen LogP contribution in [0.5, 0.6) is 0 Å². The van der Waals surface area contributed by atoms with Crippen LogP contribution in [0, 0.1) is 0 Å². The van der Waals surface area contributed by atoms with Crippen LogP contribution in [0.3, 0.4) is 0 Å². The molecule has 6 heteroatoms. The molecular weight excluding hydrogens is 323 g/mol. The van der Waals surface area contributed by atoms with E-state index >= 15 is 0 Å². The van der Waals surface area contributed by atoms with Crippen molar-refractivity contribution >= 4 is 25.0 Å². The van der Waals surface area contributed by atoms with Gasteiger partial charge >= 0.3 is 120 Å². The van der Waals surface area contributed by atoms with Gasteiger partial charge in [-0.25, -0.2) is 0 Å². The summed E-state index contributed by atoms with van der Waals surface area (Å²) in [4.78, 5) is 29.4. The average Bonchev–Trinajstić information content (AvgIpc) is 2.90. The number of esters is 1.